The number of methoxy groups -OCH3 is 1. The van der Waals surface area contributed by atoms with E-state index in [-0.39, 0.29) is 18.4 Å². The largest absolute Gasteiger partial charge is 0.497 e. The lowest BCUT2D eigenvalue weighted by Crippen LogP contribution is -2.49. The van der Waals surface area contributed by atoms with Crippen LogP contribution in [0.5, 0.6) is 11.5 Å². The first-order chi connectivity index (χ1) is 13.9. The van der Waals surface area contributed by atoms with E-state index < -0.39 is 6.04 Å². The monoisotopic (exact) mass is 398 g/mol. The fraction of sp³-hybridized carbons (Fsp3) is 0.391. The topological polar surface area (TPSA) is 67.9 Å². The van der Waals surface area contributed by atoms with Crippen LogP contribution in [0.4, 0.5) is 0 Å². The normalized spacial score (nSPS) is 11.5. The summed E-state index contributed by atoms with van der Waals surface area (Å²) in [7, 11) is 1.60. The minimum atomic E-state index is -0.619. The van der Waals surface area contributed by atoms with Gasteiger partial charge in [0.05, 0.1) is 7.11 Å². The van der Waals surface area contributed by atoms with Crippen molar-refractivity contribution in [1.82, 2.24) is 10.2 Å². The van der Waals surface area contributed by atoms with Crippen molar-refractivity contribution in [2.24, 2.45) is 0 Å². The van der Waals surface area contributed by atoms with Gasteiger partial charge >= 0.3 is 0 Å². The van der Waals surface area contributed by atoms with Crippen molar-refractivity contribution in [1.29, 1.82) is 0 Å². The smallest absolute Gasteiger partial charge is 0.261 e. The maximum atomic E-state index is 13.0. The van der Waals surface area contributed by atoms with Crippen LogP contribution < -0.4 is 14.8 Å². The SMILES string of the molecule is CCNC(=O)C(C)N(Cc1ccc(OC)cc1)C(=O)COc1cccc(C)c1C. The van der Waals surface area contributed by atoms with E-state index in [9.17, 15) is 9.59 Å². The van der Waals surface area contributed by atoms with Gasteiger partial charge in [-0.15, -0.1) is 0 Å². The predicted octanol–water partition coefficient (Wildman–Crippen LogP) is 3.24. The summed E-state index contributed by atoms with van der Waals surface area (Å²) < 4.78 is 11.0. The molecule has 29 heavy (non-hydrogen) atoms. The van der Waals surface area contributed by atoms with Crippen LogP contribution in [-0.2, 0) is 16.1 Å². The summed E-state index contributed by atoms with van der Waals surface area (Å²) in [6, 6.07) is 12.6. The van der Waals surface area contributed by atoms with Gasteiger partial charge in [-0.05, 0) is 62.6 Å². The molecule has 2 aromatic rings. The van der Waals surface area contributed by atoms with Gasteiger partial charge in [-0.1, -0.05) is 24.3 Å². The number of hydrogen-bond donors (Lipinski definition) is 1. The van der Waals surface area contributed by atoms with E-state index in [1.165, 1.54) is 4.90 Å². The Morgan fingerprint density at radius 1 is 1.10 bits per heavy atom. The lowest BCUT2D eigenvalue weighted by Gasteiger charge is -2.28. The number of hydrogen-bond acceptors (Lipinski definition) is 4. The molecule has 156 valence electrons. The Balaban J connectivity index is 2.16. The molecule has 2 aromatic carbocycles. The summed E-state index contributed by atoms with van der Waals surface area (Å²) in [4.78, 5) is 26.9. The Hall–Kier alpha value is -3.02. The summed E-state index contributed by atoms with van der Waals surface area (Å²) in [6.07, 6.45) is 0. The number of nitrogens with one attached hydrogen (secondary N) is 1. The summed E-state index contributed by atoms with van der Waals surface area (Å²) >= 11 is 0. The Morgan fingerprint density at radius 2 is 1.79 bits per heavy atom. The lowest BCUT2D eigenvalue weighted by molar-refractivity contribution is -0.142. The Morgan fingerprint density at radius 3 is 2.41 bits per heavy atom. The highest BCUT2D eigenvalue weighted by molar-refractivity contribution is 5.87. The van der Waals surface area contributed by atoms with Crippen LogP contribution in [0, 0.1) is 13.8 Å². The predicted molar refractivity (Wildman–Crippen MR) is 113 cm³/mol. The maximum absolute atomic E-state index is 13.0. The molecule has 1 atom stereocenters. The molecular formula is C23H30N2O4. The lowest BCUT2D eigenvalue weighted by atomic mass is 10.1. The molecular weight excluding hydrogens is 368 g/mol. The van der Waals surface area contributed by atoms with Crippen molar-refractivity contribution in [2.45, 2.75) is 40.3 Å². The first kappa shape index (κ1) is 22.3. The van der Waals surface area contributed by atoms with Crippen LogP contribution in [0.2, 0.25) is 0 Å². The van der Waals surface area contributed by atoms with E-state index in [0.29, 0.717) is 18.8 Å². The van der Waals surface area contributed by atoms with Crippen molar-refractivity contribution in [3.05, 3.63) is 59.2 Å². The Bertz CT molecular complexity index is 833. The molecule has 0 aliphatic carbocycles. The Labute approximate surface area is 172 Å². The van der Waals surface area contributed by atoms with Crippen LogP contribution in [0.3, 0.4) is 0 Å². The summed E-state index contributed by atoms with van der Waals surface area (Å²) in [5, 5.41) is 2.78. The van der Waals surface area contributed by atoms with E-state index >= 15 is 0 Å². The van der Waals surface area contributed by atoms with Crippen LogP contribution in [-0.4, -0.2) is 43.0 Å². The number of nitrogens with zero attached hydrogens (tertiary/aromatic N) is 1. The third kappa shape index (κ3) is 5.98. The second-order valence-electron chi connectivity index (χ2n) is 6.93. The van der Waals surface area contributed by atoms with Crippen molar-refractivity contribution in [3.63, 3.8) is 0 Å². The van der Waals surface area contributed by atoms with E-state index in [4.69, 9.17) is 9.47 Å². The van der Waals surface area contributed by atoms with Gasteiger partial charge in [-0.25, -0.2) is 0 Å². The van der Waals surface area contributed by atoms with Crippen LogP contribution in [0.15, 0.2) is 42.5 Å². The standard InChI is InChI=1S/C23H30N2O4/c1-6-24-23(27)18(4)25(14-19-10-12-20(28-5)13-11-19)22(26)15-29-21-9-7-8-16(2)17(21)3/h7-13,18H,6,14-15H2,1-5H3,(H,24,27). The van der Waals surface area contributed by atoms with Crippen LogP contribution in [0.1, 0.15) is 30.5 Å². The number of carbonyl (C=O) groups is 2. The average molecular weight is 399 g/mol. The van der Waals surface area contributed by atoms with Crippen molar-refractivity contribution in [2.75, 3.05) is 20.3 Å². The van der Waals surface area contributed by atoms with Crippen molar-refractivity contribution >= 4 is 11.8 Å². The third-order valence-corrected chi connectivity index (χ3v) is 4.94. The molecule has 0 aliphatic heterocycles. The fourth-order valence-electron chi connectivity index (χ4n) is 2.94. The van der Waals surface area contributed by atoms with E-state index in [2.05, 4.69) is 5.32 Å². The summed E-state index contributed by atoms with van der Waals surface area (Å²) in [5.41, 5.74) is 3.00. The molecule has 6 heteroatoms. The zero-order chi connectivity index (χ0) is 21.4. The van der Waals surface area contributed by atoms with Crippen LogP contribution >= 0.6 is 0 Å². The zero-order valence-corrected chi connectivity index (χ0v) is 17.8. The molecule has 0 saturated carbocycles. The molecule has 2 rings (SSSR count). The number of likely N-dealkylation sites (N-methyl/N-ethyl adjacent to an activating group) is 1. The molecule has 0 fully saturated rings. The molecule has 6 nitrogen and oxygen atoms in total. The Kier molecular flexibility index (Phi) is 8.07. The van der Waals surface area contributed by atoms with E-state index in [1.807, 2.05) is 63.2 Å². The van der Waals surface area contributed by atoms with Gasteiger partial charge in [-0.2, -0.15) is 0 Å². The average Bonchev–Trinajstić information content (AvgIpc) is 2.73. The van der Waals surface area contributed by atoms with Gasteiger partial charge in [0.2, 0.25) is 5.91 Å². The van der Waals surface area contributed by atoms with Gasteiger partial charge < -0.3 is 19.7 Å². The molecule has 1 N–H and O–H groups in total. The quantitative estimate of drug-likeness (QED) is 0.704. The van der Waals surface area contributed by atoms with Crippen LogP contribution in [0.25, 0.3) is 0 Å². The number of carbonyl (C=O) groups excluding carboxylic acids is 2. The number of rotatable bonds is 9. The molecule has 0 saturated heterocycles. The van der Waals surface area contributed by atoms with Gasteiger partial charge in [0.1, 0.15) is 17.5 Å². The van der Waals surface area contributed by atoms with E-state index in [1.54, 1.807) is 14.0 Å². The van der Waals surface area contributed by atoms with Gasteiger partial charge in [-0.3, -0.25) is 9.59 Å². The summed E-state index contributed by atoms with van der Waals surface area (Å²) in [6.45, 7) is 8.21. The fourth-order valence-corrected chi connectivity index (χ4v) is 2.94. The number of amides is 2. The molecule has 0 aliphatic rings. The highest BCUT2D eigenvalue weighted by Gasteiger charge is 2.26. The highest BCUT2D eigenvalue weighted by Crippen LogP contribution is 2.21. The second kappa shape index (κ2) is 10.5. The molecule has 0 radical (unpaired) electrons. The summed E-state index contributed by atoms with van der Waals surface area (Å²) in [5.74, 6) is 0.969. The molecule has 2 amide bonds. The van der Waals surface area contributed by atoms with Crippen molar-refractivity contribution in [3.8, 4) is 11.5 Å². The zero-order valence-electron chi connectivity index (χ0n) is 17.8. The molecule has 1 unspecified atom stereocenters. The van der Waals surface area contributed by atoms with E-state index in [0.717, 1.165) is 22.4 Å². The number of benzene rings is 2. The number of ether oxygens (including phenoxy) is 2. The first-order valence-electron chi connectivity index (χ1n) is 9.76. The number of aryl methyl sites for hydroxylation is 1. The minimum Gasteiger partial charge on any atom is -0.497 e. The molecule has 0 bridgehead atoms. The maximum Gasteiger partial charge on any atom is 0.261 e. The van der Waals surface area contributed by atoms with Gasteiger partial charge in [0.15, 0.2) is 6.61 Å². The first-order valence-corrected chi connectivity index (χ1v) is 9.76. The van der Waals surface area contributed by atoms with Crippen molar-refractivity contribution < 1.29 is 19.1 Å². The third-order valence-electron chi connectivity index (χ3n) is 4.94. The molecule has 0 aromatic heterocycles. The second-order valence-corrected chi connectivity index (χ2v) is 6.93. The molecule has 0 spiro atoms. The highest BCUT2D eigenvalue weighted by atomic mass is 16.5. The van der Waals surface area contributed by atoms with Gasteiger partial charge in [0.25, 0.3) is 5.91 Å². The molecule has 0 heterocycles. The van der Waals surface area contributed by atoms with Gasteiger partial charge in [0, 0.05) is 13.1 Å². The minimum absolute atomic E-state index is 0.135.